The van der Waals surface area contributed by atoms with Crippen LogP contribution in [0.25, 0.3) is 0 Å². The molecule has 1 saturated carbocycles. The molecule has 4 nitrogen and oxygen atoms in total. The molecule has 22 heavy (non-hydrogen) atoms. The number of likely N-dealkylation sites (tertiary alicyclic amines) is 1. The van der Waals surface area contributed by atoms with Gasteiger partial charge in [-0.15, -0.1) is 0 Å². The second kappa shape index (κ2) is 6.88. The number of rotatable bonds is 3. The highest BCUT2D eigenvalue weighted by Gasteiger charge is 2.44. The highest BCUT2D eigenvalue weighted by Crippen LogP contribution is 2.41. The van der Waals surface area contributed by atoms with Crippen LogP contribution in [0.3, 0.4) is 0 Å². The molecule has 2 heterocycles. The predicted molar refractivity (Wildman–Crippen MR) is 85.5 cm³/mol. The first-order valence-electron chi connectivity index (χ1n) is 9.17. The van der Waals surface area contributed by atoms with E-state index in [-0.39, 0.29) is 12.0 Å². The van der Waals surface area contributed by atoms with Crippen LogP contribution < -0.4 is 0 Å². The Labute approximate surface area is 134 Å². The molecular weight excluding hydrogens is 278 g/mol. The summed E-state index contributed by atoms with van der Waals surface area (Å²) in [6.07, 6.45) is 9.14. The van der Waals surface area contributed by atoms with Gasteiger partial charge < -0.3 is 14.7 Å². The Morgan fingerprint density at radius 3 is 2.68 bits per heavy atom. The van der Waals surface area contributed by atoms with Gasteiger partial charge in [0.25, 0.3) is 0 Å². The van der Waals surface area contributed by atoms with Crippen molar-refractivity contribution in [3.63, 3.8) is 0 Å². The molecule has 1 aliphatic carbocycles. The van der Waals surface area contributed by atoms with E-state index in [1.807, 2.05) is 6.92 Å². The van der Waals surface area contributed by atoms with E-state index < -0.39 is 5.60 Å². The fourth-order valence-electron chi connectivity index (χ4n) is 4.79. The summed E-state index contributed by atoms with van der Waals surface area (Å²) in [6.45, 7) is 4.48. The lowest BCUT2D eigenvalue weighted by molar-refractivity contribution is -0.138. The molecule has 1 amide bonds. The van der Waals surface area contributed by atoms with Gasteiger partial charge in [-0.25, -0.2) is 0 Å². The summed E-state index contributed by atoms with van der Waals surface area (Å²) in [4.78, 5) is 14.9. The summed E-state index contributed by atoms with van der Waals surface area (Å²) in [5.74, 6) is 1.08. The first-order valence-corrected chi connectivity index (χ1v) is 9.17. The van der Waals surface area contributed by atoms with Crippen molar-refractivity contribution in [1.29, 1.82) is 0 Å². The third-order valence-corrected chi connectivity index (χ3v) is 6.14. The maximum Gasteiger partial charge on any atom is 0.223 e. The van der Waals surface area contributed by atoms with Gasteiger partial charge in [-0.3, -0.25) is 4.79 Å². The van der Waals surface area contributed by atoms with E-state index in [0.717, 1.165) is 64.7 Å². The molecule has 0 aromatic carbocycles. The highest BCUT2D eigenvalue weighted by molar-refractivity contribution is 5.77. The van der Waals surface area contributed by atoms with Crippen LogP contribution in [0, 0.1) is 11.8 Å². The molecule has 0 unspecified atom stereocenters. The highest BCUT2D eigenvalue weighted by atomic mass is 16.5. The standard InChI is InChI=1S/C18H31NO3/c1-18(21)9-3-2-5-15(18)16-6-4-10-19(16)17(20)13-14-7-11-22-12-8-14/h14-16,21H,2-13H2,1H3/t15-,16+,18-/m0/s1. The molecule has 0 radical (unpaired) electrons. The van der Waals surface area contributed by atoms with Gasteiger partial charge in [0.2, 0.25) is 5.91 Å². The molecule has 2 saturated heterocycles. The molecule has 3 aliphatic rings. The van der Waals surface area contributed by atoms with Crippen LogP contribution in [0.5, 0.6) is 0 Å². The zero-order chi connectivity index (χ0) is 15.6. The summed E-state index contributed by atoms with van der Waals surface area (Å²) in [7, 11) is 0. The molecule has 4 heteroatoms. The second-order valence-corrected chi connectivity index (χ2v) is 7.77. The smallest absolute Gasteiger partial charge is 0.223 e. The van der Waals surface area contributed by atoms with Gasteiger partial charge in [-0.05, 0) is 51.4 Å². The Bertz CT molecular complexity index is 390. The predicted octanol–water partition coefficient (Wildman–Crippen LogP) is 2.74. The Morgan fingerprint density at radius 1 is 1.18 bits per heavy atom. The quantitative estimate of drug-likeness (QED) is 0.872. The van der Waals surface area contributed by atoms with Crippen LogP contribution in [-0.2, 0) is 9.53 Å². The lowest BCUT2D eigenvalue weighted by atomic mass is 9.72. The summed E-state index contributed by atoms with van der Waals surface area (Å²) in [5.41, 5.74) is -0.593. The average molecular weight is 309 g/mol. The fourth-order valence-corrected chi connectivity index (χ4v) is 4.79. The van der Waals surface area contributed by atoms with Crippen molar-refractivity contribution in [2.24, 2.45) is 11.8 Å². The summed E-state index contributed by atoms with van der Waals surface area (Å²) in [6, 6.07) is 0.266. The van der Waals surface area contributed by atoms with Crippen LogP contribution in [-0.4, -0.2) is 47.3 Å². The molecule has 3 atom stereocenters. The number of carbonyl (C=O) groups excluding carboxylic acids is 1. The van der Waals surface area contributed by atoms with Gasteiger partial charge in [-0.1, -0.05) is 12.8 Å². The molecule has 126 valence electrons. The van der Waals surface area contributed by atoms with Crippen molar-refractivity contribution in [1.82, 2.24) is 4.90 Å². The van der Waals surface area contributed by atoms with Gasteiger partial charge in [0.15, 0.2) is 0 Å². The average Bonchev–Trinajstić information content (AvgIpc) is 2.97. The van der Waals surface area contributed by atoms with Gasteiger partial charge in [-0.2, -0.15) is 0 Å². The Balaban J connectivity index is 1.63. The SMILES string of the molecule is C[C@]1(O)CCCC[C@H]1[C@H]1CCCN1C(=O)CC1CCOCC1. The Kier molecular flexibility index (Phi) is 5.08. The van der Waals surface area contributed by atoms with Crippen LogP contribution >= 0.6 is 0 Å². The number of hydrogen-bond donors (Lipinski definition) is 1. The molecular formula is C18H31NO3. The van der Waals surface area contributed by atoms with Crippen molar-refractivity contribution in [3.05, 3.63) is 0 Å². The van der Waals surface area contributed by atoms with E-state index in [9.17, 15) is 9.90 Å². The van der Waals surface area contributed by atoms with Crippen LogP contribution in [0.15, 0.2) is 0 Å². The normalized spacial score (nSPS) is 37.5. The van der Waals surface area contributed by atoms with Gasteiger partial charge in [0, 0.05) is 38.1 Å². The monoisotopic (exact) mass is 309 g/mol. The van der Waals surface area contributed by atoms with Crippen molar-refractivity contribution >= 4 is 5.91 Å². The summed E-state index contributed by atoms with van der Waals surface area (Å²) >= 11 is 0. The van der Waals surface area contributed by atoms with Crippen LogP contribution in [0.2, 0.25) is 0 Å². The third-order valence-electron chi connectivity index (χ3n) is 6.14. The number of ether oxygens (including phenoxy) is 1. The van der Waals surface area contributed by atoms with Crippen molar-refractivity contribution in [3.8, 4) is 0 Å². The number of nitrogens with zero attached hydrogens (tertiary/aromatic N) is 1. The maximum atomic E-state index is 12.8. The van der Waals surface area contributed by atoms with Gasteiger partial charge in [0.1, 0.15) is 0 Å². The molecule has 2 aliphatic heterocycles. The molecule has 0 aromatic rings. The van der Waals surface area contributed by atoms with E-state index in [2.05, 4.69) is 4.90 Å². The van der Waals surface area contributed by atoms with E-state index in [4.69, 9.17) is 4.74 Å². The first kappa shape index (κ1) is 16.3. The second-order valence-electron chi connectivity index (χ2n) is 7.77. The lowest BCUT2D eigenvalue weighted by Gasteiger charge is -2.43. The zero-order valence-electron chi connectivity index (χ0n) is 13.9. The van der Waals surface area contributed by atoms with E-state index in [1.165, 1.54) is 6.42 Å². The molecule has 0 aromatic heterocycles. The van der Waals surface area contributed by atoms with Gasteiger partial charge >= 0.3 is 0 Å². The minimum atomic E-state index is -0.593. The first-order chi connectivity index (χ1) is 10.6. The van der Waals surface area contributed by atoms with Crippen molar-refractivity contribution in [2.45, 2.75) is 76.4 Å². The Hall–Kier alpha value is -0.610. The molecule has 0 bridgehead atoms. The molecule has 3 rings (SSSR count). The number of amides is 1. The molecule has 0 spiro atoms. The minimum absolute atomic E-state index is 0.266. The number of aliphatic hydroxyl groups is 1. The topological polar surface area (TPSA) is 49.8 Å². The van der Waals surface area contributed by atoms with Crippen LogP contribution in [0.4, 0.5) is 0 Å². The van der Waals surface area contributed by atoms with Crippen molar-refractivity contribution < 1.29 is 14.6 Å². The van der Waals surface area contributed by atoms with E-state index in [0.29, 0.717) is 18.2 Å². The van der Waals surface area contributed by atoms with E-state index in [1.54, 1.807) is 0 Å². The largest absolute Gasteiger partial charge is 0.390 e. The molecule has 3 fully saturated rings. The number of carbonyl (C=O) groups is 1. The van der Waals surface area contributed by atoms with Gasteiger partial charge in [0.05, 0.1) is 5.60 Å². The lowest BCUT2D eigenvalue weighted by Crippen LogP contribution is -2.50. The maximum absolute atomic E-state index is 12.8. The van der Waals surface area contributed by atoms with Crippen molar-refractivity contribution in [2.75, 3.05) is 19.8 Å². The summed E-state index contributed by atoms with van der Waals surface area (Å²) in [5, 5.41) is 10.8. The molecule has 1 N–H and O–H groups in total. The zero-order valence-corrected chi connectivity index (χ0v) is 13.9. The Morgan fingerprint density at radius 2 is 1.95 bits per heavy atom. The minimum Gasteiger partial charge on any atom is -0.390 e. The number of hydrogen-bond acceptors (Lipinski definition) is 3. The third kappa shape index (κ3) is 3.48. The van der Waals surface area contributed by atoms with E-state index >= 15 is 0 Å². The van der Waals surface area contributed by atoms with Crippen LogP contribution in [0.1, 0.15) is 64.7 Å². The summed E-state index contributed by atoms with van der Waals surface area (Å²) < 4.78 is 5.39. The fraction of sp³-hybridized carbons (Fsp3) is 0.944.